The molecule has 1 saturated carbocycles. The number of aryl methyl sites for hydroxylation is 1. The molecule has 1 aromatic rings. The first-order valence-corrected chi connectivity index (χ1v) is 9.83. The summed E-state index contributed by atoms with van der Waals surface area (Å²) in [6, 6.07) is 6.56. The molecule has 0 bridgehead atoms. The Morgan fingerprint density at radius 2 is 1.88 bits per heavy atom. The molecule has 1 saturated heterocycles. The number of ether oxygens (including phenoxy) is 2. The van der Waals surface area contributed by atoms with Crippen LogP contribution in [0.25, 0.3) is 0 Å². The van der Waals surface area contributed by atoms with E-state index in [1.54, 1.807) is 7.11 Å². The average molecular weight is 455 g/mol. The van der Waals surface area contributed by atoms with Crippen LogP contribution in [0, 0.1) is 18.8 Å². The van der Waals surface area contributed by atoms with E-state index in [1.807, 2.05) is 23.0 Å². The van der Waals surface area contributed by atoms with Crippen molar-refractivity contribution in [3.05, 3.63) is 29.3 Å². The van der Waals surface area contributed by atoms with Crippen LogP contribution < -0.4 is 4.90 Å². The third-order valence-electron chi connectivity index (χ3n) is 5.00. The van der Waals surface area contributed by atoms with Gasteiger partial charge in [0.25, 0.3) is 0 Å². The van der Waals surface area contributed by atoms with E-state index >= 15 is 0 Å². The lowest BCUT2D eigenvalue weighted by atomic mass is 9.91. The molecular weight excluding hydrogens is 429 g/mol. The molecule has 4 nitrogen and oxygen atoms in total. The molecular formula is C20H26INO3. The molecule has 3 rings (SSSR count). The van der Waals surface area contributed by atoms with Crippen molar-refractivity contribution in [1.82, 2.24) is 0 Å². The summed E-state index contributed by atoms with van der Waals surface area (Å²) >= 11 is 1.87. The molecule has 1 aromatic carbocycles. The number of anilines is 1. The van der Waals surface area contributed by atoms with Gasteiger partial charge in [0.05, 0.1) is 18.3 Å². The molecule has 0 unspecified atom stereocenters. The van der Waals surface area contributed by atoms with Crippen molar-refractivity contribution in [2.24, 2.45) is 0 Å². The Labute approximate surface area is 164 Å². The largest absolute Gasteiger partial charge is 0.381 e. The highest BCUT2D eigenvalue weighted by Crippen LogP contribution is 2.30. The summed E-state index contributed by atoms with van der Waals surface area (Å²) in [6.45, 7) is 4.66. The maximum atomic E-state index is 6.21. The molecule has 0 spiro atoms. The second-order valence-corrected chi connectivity index (χ2v) is 7.51. The average Bonchev–Trinajstić information content (AvgIpc) is 2.58. The van der Waals surface area contributed by atoms with Gasteiger partial charge in [-0.25, -0.2) is 0 Å². The highest BCUT2D eigenvalue weighted by Gasteiger charge is 2.32. The number of halogens is 1. The standard InChI is InChI=1S/C20H26INO3/c1-15-10-16(4-3-9-24-21)12-17(11-15)22-7-5-18(6-8-22)25-20-13-19(14-20)23-2/h10-12,18-20H,5-9,13-14H2,1-2H3. The van der Waals surface area contributed by atoms with Crippen molar-refractivity contribution >= 4 is 28.7 Å². The van der Waals surface area contributed by atoms with E-state index in [9.17, 15) is 0 Å². The molecule has 0 amide bonds. The van der Waals surface area contributed by atoms with Crippen molar-refractivity contribution in [3.63, 3.8) is 0 Å². The van der Waals surface area contributed by atoms with Crippen molar-refractivity contribution < 1.29 is 12.5 Å². The van der Waals surface area contributed by atoms with Gasteiger partial charge in [-0.05, 0) is 56.4 Å². The molecule has 0 atom stereocenters. The summed E-state index contributed by atoms with van der Waals surface area (Å²) < 4.78 is 16.5. The van der Waals surface area contributed by atoms with Crippen LogP contribution in [0.15, 0.2) is 18.2 Å². The van der Waals surface area contributed by atoms with Crippen LogP contribution in [0.3, 0.4) is 0 Å². The zero-order valence-electron chi connectivity index (χ0n) is 15.0. The van der Waals surface area contributed by atoms with Gasteiger partial charge in [0.2, 0.25) is 0 Å². The Bertz CT molecular complexity index is 626. The van der Waals surface area contributed by atoms with Crippen LogP contribution in [0.4, 0.5) is 5.69 Å². The quantitative estimate of drug-likeness (QED) is 0.498. The van der Waals surface area contributed by atoms with Gasteiger partial charge in [-0.1, -0.05) is 11.8 Å². The maximum Gasteiger partial charge on any atom is 0.120 e. The first kappa shape index (κ1) is 19.0. The smallest absolute Gasteiger partial charge is 0.120 e. The summed E-state index contributed by atoms with van der Waals surface area (Å²) in [5.74, 6) is 6.21. The third-order valence-corrected chi connectivity index (χ3v) is 5.31. The highest BCUT2D eigenvalue weighted by atomic mass is 127. The van der Waals surface area contributed by atoms with Gasteiger partial charge in [0, 0.05) is 31.5 Å². The number of benzene rings is 1. The molecule has 0 N–H and O–H groups in total. The van der Waals surface area contributed by atoms with E-state index in [2.05, 4.69) is 41.9 Å². The second-order valence-electron chi connectivity index (χ2n) is 6.89. The lowest BCUT2D eigenvalue weighted by molar-refractivity contribution is -0.119. The molecule has 136 valence electrons. The summed E-state index contributed by atoms with van der Waals surface area (Å²) in [5, 5.41) is 0. The molecule has 2 fully saturated rings. The fourth-order valence-corrected chi connectivity index (χ4v) is 3.68. The van der Waals surface area contributed by atoms with Gasteiger partial charge >= 0.3 is 0 Å². The second kappa shape index (κ2) is 9.22. The summed E-state index contributed by atoms with van der Waals surface area (Å²) in [4.78, 5) is 2.45. The van der Waals surface area contributed by atoms with Gasteiger partial charge in [-0.15, -0.1) is 0 Å². The monoisotopic (exact) mass is 455 g/mol. The topological polar surface area (TPSA) is 30.9 Å². The first-order chi connectivity index (χ1) is 12.2. The van der Waals surface area contributed by atoms with E-state index in [1.165, 1.54) is 11.3 Å². The predicted octanol–water partition coefficient (Wildman–Crippen LogP) is 3.88. The number of hydrogen-bond acceptors (Lipinski definition) is 4. The third kappa shape index (κ3) is 5.33. The van der Waals surface area contributed by atoms with Gasteiger partial charge in [-0.3, -0.25) is 0 Å². The molecule has 1 aliphatic carbocycles. The summed E-state index contributed by atoms with van der Waals surface area (Å²) in [6.07, 6.45) is 5.49. The number of methoxy groups -OCH3 is 1. The van der Waals surface area contributed by atoms with Gasteiger partial charge in [0.15, 0.2) is 0 Å². The zero-order chi connectivity index (χ0) is 17.6. The molecule has 1 heterocycles. The van der Waals surface area contributed by atoms with E-state index < -0.39 is 0 Å². The Balaban J connectivity index is 1.53. The van der Waals surface area contributed by atoms with E-state index in [0.717, 1.165) is 44.3 Å². The van der Waals surface area contributed by atoms with Crippen molar-refractivity contribution in [1.29, 1.82) is 0 Å². The number of hydrogen-bond donors (Lipinski definition) is 0. The lowest BCUT2D eigenvalue weighted by Gasteiger charge is -2.40. The Hall–Kier alpha value is -0.810. The molecule has 1 aliphatic heterocycles. The highest BCUT2D eigenvalue weighted by molar-refractivity contribution is 14.1. The maximum absolute atomic E-state index is 6.21. The predicted molar refractivity (Wildman–Crippen MR) is 108 cm³/mol. The van der Waals surface area contributed by atoms with Crippen molar-refractivity contribution in [2.45, 2.75) is 50.9 Å². The van der Waals surface area contributed by atoms with Gasteiger partial charge < -0.3 is 17.4 Å². The Kier molecular flexibility index (Phi) is 7.00. The summed E-state index contributed by atoms with van der Waals surface area (Å²) in [5.41, 5.74) is 3.57. The summed E-state index contributed by atoms with van der Waals surface area (Å²) in [7, 11) is 1.79. The van der Waals surface area contributed by atoms with Crippen molar-refractivity contribution in [3.8, 4) is 11.8 Å². The zero-order valence-corrected chi connectivity index (χ0v) is 17.1. The van der Waals surface area contributed by atoms with Gasteiger partial charge in [-0.2, -0.15) is 0 Å². The first-order valence-electron chi connectivity index (χ1n) is 8.95. The number of rotatable bonds is 5. The molecule has 0 radical (unpaired) electrons. The molecule has 25 heavy (non-hydrogen) atoms. The van der Waals surface area contributed by atoms with Crippen LogP contribution in [-0.2, 0) is 12.5 Å². The van der Waals surface area contributed by atoms with E-state index in [0.29, 0.717) is 24.9 Å². The van der Waals surface area contributed by atoms with Crippen LogP contribution in [0.1, 0.15) is 36.8 Å². The van der Waals surface area contributed by atoms with Crippen LogP contribution in [-0.4, -0.2) is 45.1 Å². The van der Waals surface area contributed by atoms with Gasteiger partial charge in [0.1, 0.15) is 29.6 Å². The molecule has 2 aliphatic rings. The fourth-order valence-electron chi connectivity index (χ4n) is 3.53. The SMILES string of the molecule is COC1CC(OC2CCN(c3cc(C)cc(C#CCOI)c3)CC2)C1. The molecule has 0 aromatic heterocycles. The van der Waals surface area contributed by atoms with Crippen molar-refractivity contribution in [2.75, 3.05) is 31.7 Å². The number of piperidine rings is 1. The Morgan fingerprint density at radius 1 is 1.12 bits per heavy atom. The number of nitrogens with zero attached hydrogens (tertiary/aromatic N) is 1. The fraction of sp³-hybridized carbons (Fsp3) is 0.600. The van der Waals surface area contributed by atoms with E-state index in [-0.39, 0.29) is 0 Å². The van der Waals surface area contributed by atoms with Crippen LogP contribution >= 0.6 is 23.0 Å². The minimum absolute atomic E-state index is 0.393. The minimum atomic E-state index is 0.393. The van der Waals surface area contributed by atoms with E-state index in [4.69, 9.17) is 12.5 Å². The Morgan fingerprint density at radius 3 is 2.56 bits per heavy atom. The van der Waals surface area contributed by atoms with Crippen LogP contribution in [0.2, 0.25) is 0 Å². The molecule has 5 heteroatoms. The minimum Gasteiger partial charge on any atom is -0.381 e. The normalized spacial score (nSPS) is 23.7. The lowest BCUT2D eigenvalue weighted by Crippen LogP contribution is -2.43. The van der Waals surface area contributed by atoms with Crippen LogP contribution in [0.5, 0.6) is 0 Å².